The van der Waals surface area contributed by atoms with Crippen LogP contribution in [0.3, 0.4) is 0 Å². The monoisotopic (exact) mass is 411 g/mol. The normalized spacial score (nSPS) is 17.4. The van der Waals surface area contributed by atoms with Crippen LogP contribution >= 0.6 is 12.2 Å². The number of anilines is 1. The van der Waals surface area contributed by atoms with Gasteiger partial charge in [-0.15, -0.1) is 0 Å². The largest absolute Gasteiger partial charge is 0.497 e. The van der Waals surface area contributed by atoms with Crippen LogP contribution in [-0.2, 0) is 4.84 Å². The molecule has 1 spiro atoms. The van der Waals surface area contributed by atoms with Crippen LogP contribution in [0.25, 0.3) is 0 Å². The zero-order valence-corrected chi connectivity index (χ0v) is 17.5. The number of hydrogen-bond donors (Lipinski definition) is 1. The maximum atomic E-state index is 5.94. The molecule has 2 heterocycles. The topological polar surface area (TPSA) is 55.3 Å². The Labute approximate surface area is 176 Å². The van der Waals surface area contributed by atoms with Gasteiger partial charge < -0.3 is 24.5 Å². The van der Waals surface area contributed by atoms with Gasteiger partial charge in [0.1, 0.15) is 17.1 Å². The number of oxime groups is 1. The highest BCUT2D eigenvalue weighted by Crippen LogP contribution is 2.37. The molecule has 0 radical (unpaired) electrons. The number of methoxy groups -OCH3 is 2. The van der Waals surface area contributed by atoms with Gasteiger partial charge in [-0.3, -0.25) is 0 Å². The lowest BCUT2D eigenvalue weighted by atomic mass is 9.85. The molecule has 0 atom stereocenters. The van der Waals surface area contributed by atoms with Crippen LogP contribution in [0.1, 0.15) is 24.8 Å². The molecule has 6 nitrogen and oxygen atoms in total. The minimum atomic E-state index is -0.241. The summed E-state index contributed by atoms with van der Waals surface area (Å²) in [4.78, 5) is 8.12. The summed E-state index contributed by atoms with van der Waals surface area (Å²) in [7, 11) is 3.33. The molecule has 0 amide bonds. The average Bonchev–Trinajstić information content (AvgIpc) is 3.18. The highest BCUT2D eigenvalue weighted by Gasteiger charge is 2.42. The fraction of sp³-hybridized carbons (Fsp3) is 0.364. The molecule has 29 heavy (non-hydrogen) atoms. The summed E-state index contributed by atoms with van der Waals surface area (Å²) in [6.45, 7) is 1.64. The molecule has 2 aromatic carbocycles. The van der Waals surface area contributed by atoms with Crippen molar-refractivity contribution in [1.29, 1.82) is 0 Å². The molecule has 0 saturated carbocycles. The second-order valence-corrected chi connectivity index (χ2v) is 7.73. The van der Waals surface area contributed by atoms with Crippen molar-refractivity contribution in [3.63, 3.8) is 0 Å². The number of rotatable bonds is 4. The predicted molar refractivity (Wildman–Crippen MR) is 118 cm³/mol. The first-order valence-electron chi connectivity index (χ1n) is 9.71. The zero-order chi connectivity index (χ0) is 20.3. The Morgan fingerprint density at radius 1 is 1.10 bits per heavy atom. The zero-order valence-electron chi connectivity index (χ0n) is 16.7. The molecule has 0 bridgehead atoms. The minimum Gasteiger partial charge on any atom is -0.497 e. The Morgan fingerprint density at radius 2 is 1.90 bits per heavy atom. The molecule has 2 aliphatic heterocycles. The van der Waals surface area contributed by atoms with E-state index in [2.05, 4.69) is 15.4 Å². The van der Waals surface area contributed by atoms with Gasteiger partial charge in [-0.05, 0) is 36.5 Å². The highest BCUT2D eigenvalue weighted by atomic mass is 32.1. The Balaban J connectivity index is 1.35. The van der Waals surface area contributed by atoms with E-state index >= 15 is 0 Å². The number of nitrogens with zero attached hydrogens (tertiary/aromatic N) is 2. The lowest BCUT2D eigenvalue weighted by Gasteiger charge is -2.38. The third kappa shape index (κ3) is 4.15. The van der Waals surface area contributed by atoms with E-state index in [1.165, 1.54) is 0 Å². The third-order valence-corrected chi connectivity index (χ3v) is 5.91. The standard InChI is InChI=1S/C22H25N3O3S/c1-26-17-7-5-6-16(14-17)19-15-22(28-24-19)10-12-25(13-11-22)21(29)23-18-8-3-4-9-20(18)27-2/h3-9,14H,10-13,15H2,1-2H3,(H,23,29). The summed E-state index contributed by atoms with van der Waals surface area (Å²) < 4.78 is 10.7. The molecule has 7 heteroatoms. The third-order valence-electron chi connectivity index (χ3n) is 5.55. The Morgan fingerprint density at radius 3 is 2.66 bits per heavy atom. The molecule has 2 aromatic rings. The van der Waals surface area contributed by atoms with Gasteiger partial charge in [0, 0.05) is 37.9 Å². The second-order valence-electron chi connectivity index (χ2n) is 7.34. The molecular weight excluding hydrogens is 386 g/mol. The number of para-hydroxylation sites is 2. The SMILES string of the molecule is COc1cccc(C2=NOC3(CCN(C(=S)Nc4ccccc4OC)CC3)C2)c1. The maximum absolute atomic E-state index is 5.94. The van der Waals surface area contributed by atoms with Gasteiger partial charge in [-0.2, -0.15) is 0 Å². The molecule has 0 unspecified atom stereocenters. The minimum absolute atomic E-state index is 0.241. The van der Waals surface area contributed by atoms with Crippen LogP contribution in [0.2, 0.25) is 0 Å². The highest BCUT2D eigenvalue weighted by molar-refractivity contribution is 7.80. The first-order chi connectivity index (χ1) is 14.1. The van der Waals surface area contributed by atoms with Gasteiger partial charge >= 0.3 is 0 Å². The van der Waals surface area contributed by atoms with Gasteiger partial charge in [0.05, 0.1) is 25.6 Å². The number of ether oxygens (including phenoxy) is 2. The summed E-state index contributed by atoms with van der Waals surface area (Å²) in [5.74, 6) is 1.60. The van der Waals surface area contributed by atoms with Crippen LogP contribution in [0.15, 0.2) is 53.7 Å². The summed E-state index contributed by atoms with van der Waals surface area (Å²) >= 11 is 5.63. The quantitative estimate of drug-likeness (QED) is 0.766. The summed E-state index contributed by atoms with van der Waals surface area (Å²) in [5.41, 5.74) is 2.67. The molecule has 1 N–H and O–H groups in total. The van der Waals surface area contributed by atoms with Crippen molar-refractivity contribution in [2.45, 2.75) is 24.9 Å². The van der Waals surface area contributed by atoms with Crippen molar-refractivity contribution in [3.8, 4) is 11.5 Å². The van der Waals surface area contributed by atoms with Crippen LogP contribution in [0, 0.1) is 0 Å². The smallest absolute Gasteiger partial charge is 0.173 e. The van der Waals surface area contributed by atoms with Crippen LogP contribution < -0.4 is 14.8 Å². The molecule has 1 fully saturated rings. The fourth-order valence-corrected chi connectivity index (χ4v) is 4.10. The molecule has 1 saturated heterocycles. The Bertz CT molecular complexity index is 923. The van der Waals surface area contributed by atoms with Crippen molar-refractivity contribution >= 4 is 28.7 Å². The number of nitrogens with one attached hydrogen (secondary N) is 1. The molecule has 2 aliphatic rings. The predicted octanol–water partition coefficient (Wildman–Crippen LogP) is 4.06. The molecule has 152 valence electrons. The maximum Gasteiger partial charge on any atom is 0.173 e. The Kier molecular flexibility index (Phi) is 5.58. The molecular formula is C22H25N3O3S. The van der Waals surface area contributed by atoms with Gasteiger partial charge in [-0.1, -0.05) is 29.4 Å². The van der Waals surface area contributed by atoms with E-state index in [0.29, 0.717) is 5.11 Å². The first kappa shape index (κ1) is 19.5. The van der Waals surface area contributed by atoms with E-state index in [1.54, 1.807) is 14.2 Å². The van der Waals surface area contributed by atoms with Crippen molar-refractivity contribution in [2.24, 2.45) is 5.16 Å². The average molecular weight is 412 g/mol. The van der Waals surface area contributed by atoms with Crippen molar-refractivity contribution in [1.82, 2.24) is 4.90 Å². The second kappa shape index (κ2) is 8.29. The summed E-state index contributed by atoms with van der Waals surface area (Å²) in [6, 6.07) is 15.7. The number of hydrogen-bond acceptors (Lipinski definition) is 5. The van der Waals surface area contributed by atoms with Crippen molar-refractivity contribution in [2.75, 3.05) is 32.6 Å². The lowest BCUT2D eigenvalue weighted by Crippen LogP contribution is -2.48. The van der Waals surface area contributed by atoms with Gasteiger partial charge in [-0.25, -0.2) is 0 Å². The molecule has 4 rings (SSSR count). The summed E-state index contributed by atoms with van der Waals surface area (Å²) in [5, 5.41) is 8.41. The van der Waals surface area contributed by atoms with Crippen molar-refractivity contribution < 1.29 is 14.3 Å². The van der Waals surface area contributed by atoms with E-state index in [0.717, 1.165) is 60.8 Å². The summed E-state index contributed by atoms with van der Waals surface area (Å²) in [6.07, 6.45) is 2.55. The Hall–Kier alpha value is -2.80. The van der Waals surface area contributed by atoms with Crippen LogP contribution in [0.5, 0.6) is 11.5 Å². The van der Waals surface area contributed by atoms with Gasteiger partial charge in [0.25, 0.3) is 0 Å². The fourth-order valence-electron chi connectivity index (χ4n) is 3.81. The van der Waals surface area contributed by atoms with Crippen LogP contribution in [-0.4, -0.2) is 48.6 Å². The van der Waals surface area contributed by atoms with E-state index in [-0.39, 0.29) is 5.60 Å². The number of benzene rings is 2. The number of piperidine rings is 1. The van der Waals surface area contributed by atoms with Crippen molar-refractivity contribution in [3.05, 3.63) is 54.1 Å². The van der Waals surface area contributed by atoms with E-state index in [1.807, 2.05) is 48.5 Å². The van der Waals surface area contributed by atoms with Gasteiger partial charge in [0.15, 0.2) is 5.11 Å². The molecule has 0 aromatic heterocycles. The number of thiocarbonyl (C=S) groups is 1. The lowest BCUT2D eigenvalue weighted by molar-refractivity contribution is -0.0521. The molecule has 0 aliphatic carbocycles. The van der Waals surface area contributed by atoms with E-state index in [9.17, 15) is 0 Å². The van der Waals surface area contributed by atoms with Gasteiger partial charge in [0.2, 0.25) is 0 Å². The van der Waals surface area contributed by atoms with E-state index in [4.69, 9.17) is 26.5 Å². The van der Waals surface area contributed by atoms with E-state index < -0.39 is 0 Å². The number of likely N-dealkylation sites (tertiary alicyclic amines) is 1. The van der Waals surface area contributed by atoms with Crippen LogP contribution in [0.4, 0.5) is 5.69 Å². The first-order valence-corrected chi connectivity index (χ1v) is 10.1.